The average molecular weight is 364 g/mol. The Morgan fingerprint density at radius 1 is 1.33 bits per heavy atom. The van der Waals surface area contributed by atoms with Crippen LogP contribution in [0.1, 0.15) is 23.7 Å². The van der Waals surface area contributed by atoms with Crippen LogP contribution in [0.2, 0.25) is 0 Å². The molecular formula is C15H19F3N2O3S. The molecule has 1 aromatic carbocycles. The quantitative estimate of drug-likeness (QED) is 0.822. The van der Waals surface area contributed by atoms with E-state index in [4.69, 9.17) is 0 Å². The van der Waals surface area contributed by atoms with Crippen molar-refractivity contribution in [2.24, 2.45) is 0 Å². The van der Waals surface area contributed by atoms with Crippen molar-refractivity contribution in [2.75, 3.05) is 26.7 Å². The molecule has 0 aromatic heterocycles. The molecule has 9 heteroatoms. The fourth-order valence-electron chi connectivity index (χ4n) is 2.77. The summed E-state index contributed by atoms with van der Waals surface area (Å²) in [6, 6.07) is 4.30. The summed E-state index contributed by atoms with van der Waals surface area (Å²) in [6.07, 6.45) is 0.699. The van der Waals surface area contributed by atoms with Crippen molar-refractivity contribution < 1.29 is 26.4 Å². The number of amides is 1. The molecular weight excluding hydrogens is 345 g/mol. The molecule has 0 N–H and O–H groups in total. The van der Waals surface area contributed by atoms with Gasteiger partial charge in [0.1, 0.15) is 0 Å². The predicted molar refractivity (Wildman–Crippen MR) is 82.3 cm³/mol. The Kier molecular flexibility index (Phi) is 5.24. The van der Waals surface area contributed by atoms with Gasteiger partial charge < -0.3 is 9.80 Å². The van der Waals surface area contributed by atoms with Crippen molar-refractivity contribution in [3.05, 3.63) is 29.8 Å². The maximum absolute atomic E-state index is 12.8. The molecule has 1 aromatic rings. The standard InChI is InChI=1S/C15H19F3N2O3S/c1-3-20-9-8-11(10-20)19(2)14(21)12-6-4-5-7-13(12)24(22,23)15(16,17)18/h4-7,11H,3,8-10H2,1-2H3. The zero-order valence-electron chi connectivity index (χ0n) is 13.4. The third-order valence-corrected chi connectivity index (χ3v) is 5.82. The summed E-state index contributed by atoms with van der Waals surface area (Å²) in [5.41, 5.74) is -5.90. The van der Waals surface area contributed by atoms with Crippen LogP contribution in [-0.2, 0) is 9.84 Å². The molecule has 2 rings (SSSR count). The molecule has 5 nitrogen and oxygen atoms in total. The molecule has 1 atom stereocenters. The largest absolute Gasteiger partial charge is 0.501 e. The van der Waals surface area contributed by atoms with Gasteiger partial charge in [0, 0.05) is 26.2 Å². The van der Waals surface area contributed by atoms with E-state index in [0.717, 1.165) is 25.2 Å². The Morgan fingerprint density at radius 2 is 1.96 bits per heavy atom. The van der Waals surface area contributed by atoms with Crippen molar-refractivity contribution in [3.8, 4) is 0 Å². The number of benzene rings is 1. The van der Waals surface area contributed by atoms with Crippen molar-refractivity contribution in [1.29, 1.82) is 0 Å². The molecule has 0 radical (unpaired) electrons. The van der Waals surface area contributed by atoms with Gasteiger partial charge in [-0.05, 0) is 25.1 Å². The third-order valence-electron chi connectivity index (χ3n) is 4.27. The van der Waals surface area contributed by atoms with E-state index in [1.165, 1.54) is 24.1 Å². The van der Waals surface area contributed by atoms with Crippen LogP contribution in [0.5, 0.6) is 0 Å². The minimum absolute atomic E-state index is 0.154. The van der Waals surface area contributed by atoms with Gasteiger partial charge in [0.2, 0.25) is 0 Å². The van der Waals surface area contributed by atoms with Crippen molar-refractivity contribution >= 4 is 15.7 Å². The van der Waals surface area contributed by atoms with Crippen LogP contribution in [0.3, 0.4) is 0 Å². The number of sulfone groups is 1. The van der Waals surface area contributed by atoms with Gasteiger partial charge in [-0.15, -0.1) is 0 Å². The molecule has 0 saturated carbocycles. The molecule has 134 valence electrons. The van der Waals surface area contributed by atoms with Crippen LogP contribution in [0.4, 0.5) is 13.2 Å². The van der Waals surface area contributed by atoms with E-state index in [2.05, 4.69) is 4.90 Å². The van der Waals surface area contributed by atoms with E-state index in [1.807, 2.05) is 6.92 Å². The van der Waals surface area contributed by atoms with Gasteiger partial charge in [-0.1, -0.05) is 19.1 Å². The Hall–Kier alpha value is -1.61. The number of nitrogens with zero attached hydrogens (tertiary/aromatic N) is 2. The smallest absolute Gasteiger partial charge is 0.337 e. The highest BCUT2D eigenvalue weighted by molar-refractivity contribution is 7.92. The molecule has 0 aliphatic carbocycles. The summed E-state index contributed by atoms with van der Waals surface area (Å²) in [5.74, 6) is -0.721. The molecule has 1 amide bonds. The fraction of sp³-hybridized carbons (Fsp3) is 0.533. The third kappa shape index (κ3) is 3.41. The Morgan fingerprint density at radius 3 is 2.50 bits per heavy atom. The molecule has 1 unspecified atom stereocenters. The lowest BCUT2D eigenvalue weighted by atomic mass is 10.1. The minimum atomic E-state index is -5.58. The van der Waals surface area contributed by atoms with E-state index in [0.29, 0.717) is 13.0 Å². The molecule has 0 spiro atoms. The zero-order chi connectivity index (χ0) is 18.1. The van der Waals surface area contributed by atoms with E-state index < -0.39 is 31.7 Å². The van der Waals surface area contributed by atoms with Crippen LogP contribution in [0.25, 0.3) is 0 Å². The number of likely N-dealkylation sites (N-methyl/N-ethyl adjacent to an activating group) is 2. The number of carbonyl (C=O) groups is 1. The maximum atomic E-state index is 12.8. The Balaban J connectivity index is 2.35. The van der Waals surface area contributed by atoms with Crippen LogP contribution < -0.4 is 0 Å². The molecule has 1 saturated heterocycles. The SMILES string of the molecule is CCN1CCC(N(C)C(=O)c2ccccc2S(=O)(=O)C(F)(F)F)C1. The lowest BCUT2D eigenvalue weighted by Crippen LogP contribution is -2.40. The van der Waals surface area contributed by atoms with Crippen molar-refractivity contribution in [2.45, 2.75) is 29.8 Å². The number of hydrogen-bond donors (Lipinski definition) is 0. The van der Waals surface area contributed by atoms with Gasteiger partial charge in [0.05, 0.1) is 10.5 Å². The Labute approximate surface area is 139 Å². The molecule has 24 heavy (non-hydrogen) atoms. The second kappa shape index (κ2) is 6.72. The monoisotopic (exact) mass is 364 g/mol. The summed E-state index contributed by atoms with van der Waals surface area (Å²) in [7, 11) is -4.09. The normalized spacial score (nSPS) is 19.5. The first-order chi connectivity index (χ1) is 11.1. The van der Waals surface area contributed by atoms with E-state index >= 15 is 0 Å². The highest BCUT2D eigenvalue weighted by atomic mass is 32.2. The molecule has 1 heterocycles. The number of likely N-dealkylation sites (tertiary alicyclic amines) is 1. The maximum Gasteiger partial charge on any atom is 0.501 e. The van der Waals surface area contributed by atoms with Crippen molar-refractivity contribution in [3.63, 3.8) is 0 Å². The van der Waals surface area contributed by atoms with Gasteiger partial charge in [0.25, 0.3) is 15.7 Å². The number of halogens is 3. The lowest BCUT2D eigenvalue weighted by molar-refractivity contribution is -0.0436. The number of carbonyl (C=O) groups excluding carboxylic acids is 1. The highest BCUT2D eigenvalue weighted by Gasteiger charge is 2.48. The van der Waals surface area contributed by atoms with Crippen LogP contribution >= 0.6 is 0 Å². The highest BCUT2D eigenvalue weighted by Crippen LogP contribution is 2.32. The molecule has 1 fully saturated rings. The van der Waals surface area contributed by atoms with Crippen molar-refractivity contribution in [1.82, 2.24) is 9.80 Å². The summed E-state index contributed by atoms with van der Waals surface area (Å²) in [4.78, 5) is 15.0. The van der Waals surface area contributed by atoms with E-state index in [1.54, 1.807) is 0 Å². The van der Waals surface area contributed by atoms with Gasteiger partial charge in [-0.3, -0.25) is 4.79 Å². The predicted octanol–water partition coefficient (Wildman–Crippen LogP) is 2.15. The second-order valence-corrected chi connectivity index (χ2v) is 7.61. The van der Waals surface area contributed by atoms with Gasteiger partial charge in [0.15, 0.2) is 0 Å². The molecule has 1 aliphatic rings. The first-order valence-electron chi connectivity index (χ1n) is 7.49. The first-order valence-corrected chi connectivity index (χ1v) is 8.97. The fourth-order valence-corrected chi connectivity index (χ4v) is 3.73. The van der Waals surface area contributed by atoms with Crippen LogP contribution in [-0.4, -0.2) is 62.4 Å². The topological polar surface area (TPSA) is 57.7 Å². The van der Waals surface area contributed by atoms with Gasteiger partial charge in [-0.2, -0.15) is 13.2 Å². The second-order valence-electron chi connectivity index (χ2n) is 5.70. The first kappa shape index (κ1) is 18.7. The van der Waals surface area contributed by atoms with Crippen LogP contribution in [0, 0.1) is 0 Å². The van der Waals surface area contributed by atoms with Gasteiger partial charge in [-0.25, -0.2) is 8.42 Å². The average Bonchev–Trinajstić information content (AvgIpc) is 3.01. The minimum Gasteiger partial charge on any atom is -0.337 e. The van der Waals surface area contributed by atoms with Crippen LogP contribution in [0.15, 0.2) is 29.2 Å². The zero-order valence-corrected chi connectivity index (χ0v) is 14.2. The summed E-state index contributed by atoms with van der Waals surface area (Å²) < 4.78 is 62.0. The number of rotatable bonds is 4. The van der Waals surface area contributed by atoms with E-state index in [9.17, 15) is 26.4 Å². The Bertz CT molecular complexity index is 719. The number of hydrogen-bond acceptors (Lipinski definition) is 4. The van der Waals surface area contributed by atoms with E-state index in [-0.39, 0.29) is 6.04 Å². The molecule has 1 aliphatic heterocycles. The summed E-state index contributed by atoms with van der Waals surface area (Å²) in [6.45, 7) is 4.21. The number of alkyl halides is 3. The van der Waals surface area contributed by atoms with Gasteiger partial charge >= 0.3 is 5.51 Å². The summed E-state index contributed by atoms with van der Waals surface area (Å²) >= 11 is 0. The molecule has 0 bridgehead atoms. The lowest BCUT2D eigenvalue weighted by Gasteiger charge is -2.26. The summed E-state index contributed by atoms with van der Waals surface area (Å²) in [5, 5.41) is 0.